The molecule has 0 aliphatic heterocycles. The maximum Gasteiger partial charge on any atom is 0.0802 e. The van der Waals surface area contributed by atoms with E-state index >= 15 is 0 Å². The second kappa shape index (κ2) is 8.09. The van der Waals surface area contributed by atoms with Crippen molar-refractivity contribution in [3.63, 3.8) is 0 Å². The predicted molar refractivity (Wildman–Crippen MR) is 73.1 cm³/mol. The Hall–Kier alpha value is -1.06. The molecule has 0 heterocycles. The molecule has 1 aromatic rings. The Kier molecular flexibility index (Phi) is 6.67. The highest BCUT2D eigenvalue weighted by atomic mass is 16.3. The molecule has 0 fully saturated rings. The SMILES string of the molecule is CCCCCNc1cccc(C(O)CCN)c1. The first-order valence-electron chi connectivity index (χ1n) is 6.50. The average Bonchev–Trinajstić information content (AvgIpc) is 2.35. The summed E-state index contributed by atoms with van der Waals surface area (Å²) in [5, 5.41) is 13.2. The summed E-state index contributed by atoms with van der Waals surface area (Å²) in [7, 11) is 0. The van der Waals surface area contributed by atoms with Gasteiger partial charge in [0.2, 0.25) is 0 Å². The lowest BCUT2D eigenvalue weighted by atomic mass is 10.1. The van der Waals surface area contributed by atoms with Crippen LogP contribution in [0, 0.1) is 0 Å². The zero-order chi connectivity index (χ0) is 12.5. The molecule has 96 valence electrons. The van der Waals surface area contributed by atoms with Crippen LogP contribution in [-0.2, 0) is 0 Å². The fourth-order valence-corrected chi connectivity index (χ4v) is 1.79. The van der Waals surface area contributed by atoms with Gasteiger partial charge in [0, 0.05) is 12.2 Å². The van der Waals surface area contributed by atoms with Crippen LogP contribution >= 0.6 is 0 Å². The Bertz CT molecular complexity index is 315. The number of nitrogens with two attached hydrogens (primary N) is 1. The molecule has 0 bridgehead atoms. The first kappa shape index (κ1) is 14.0. The van der Waals surface area contributed by atoms with Crippen LogP contribution < -0.4 is 11.1 Å². The van der Waals surface area contributed by atoms with Gasteiger partial charge in [-0.25, -0.2) is 0 Å². The normalized spacial score (nSPS) is 12.4. The molecular weight excluding hydrogens is 212 g/mol. The zero-order valence-electron chi connectivity index (χ0n) is 10.7. The molecule has 3 heteroatoms. The number of anilines is 1. The topological polar surface area (TPSA) is 58.3 Å². The van der Waals surface area contributed by atoms with Crippen LogP contribution in [0.1, 0.15) is 44.3 Å². The summed E-state index contributed by atoms with van der Waals surface area (Å²) in [4.78, 5) is 0. The Labute approximate surface area is 104 Å². The predicted octanol–water partition coefficient (Wildman–Crippen LogP) is 2.67. The molecule has 0 aliphatic carbocycles. The summed E-state index contributed by atoms with van der Waals surface area (Å²) in [6.07, 6.45) is 3.84. The van der Waals surface area contributed by atoms with Gasteiger partial charge in [0.1, 0.15) is 0 Å². The van der Waals surface area contributed by atoms with Crippen LogP contribution in [0.25, 0.3) is 0 Å². The second-order valence-corrected chi connectivity index (χ2v) is 4.35. The van der Waals surface area contributed by atoms with E-state index in [1.807, 2.05) is 24.3 Å². The monoisotopic (exact) mass is 236 g/mol. The fraction of sp³-hybridized carbons (Fsp3) is 0.571. The maximum absolute atomic E-state index is 9.85. The minimum Gasteiger partial charge on any atom is -0.388 e. The molecule has 0 radical (unpaired) electrons. The summed E-state index contributed by atoms with van der Waals surface area (Å²) in [5.74, 6) is 0. The minimum absolute atomic E-state index is 0.447. The lowest BCUT2D eigenvalue weighted by molar-refractivity contribution is 0.170. The Morgan fingerprint density at radius 3 is 2.88 bits per heavy atom. The summed E-state index contributed by atoms with van der Waals surface area (Å²) >= 11 is 0. The van der Waals surface area contributed by atoms with Crippen molar-refractivity contribution in [3.8, 4) is 0 Å². The van der Waals surface area contributed by atoms with Crippen LogP contribution in [0.15, 0.2) is 24.3 Å². The van der Waals surface area contributed by atoms with Gasteiger partial charge in [-0.05, 0) is 37.1 Å². The van der Waals surface area contributed by atoms with Gasteiger partial charge in [0.05, 0.1) is 6.10 Å². The lowest BCUT2D eigenvalue weighted by Gasteiger charge is -2.12. The molecule has 0 amide bonds. The van der Waals surface area contributed by atoms with Crippen LogP contribution in [0.5, 0.6) is 0 Å². The van der Waals surface area contributed by atoms with Crippen molar-refractivity contribution in [2.75, 3.05) is 18.4 Å². The number of aliphatic hydroxyl groups is 1. The first-order chi connectivity index (χ1) is 8.27. The van der Waals surface area contributed by atoms with Crippen molar-refractivity contribution >= 4 is 5.69 Å². The molecule has 0 saturated heterocycles. The largest absolute Gasteiger partial charge is 0.388 e. The first-order valence-corrected chi connectivity index (χ1v) is 6.50. The number of aliphatic hydroxyl groups excluding tert-OH is 1. The number of nitrogens with one attached hydrogen (secondary N) is 1. The third kappa shape index (κ3) is 5.20. The molecule has 1 unspecified atom stereocenters. The highest BCUT2D eigenvalue weighted by Crippen LogP contribution is 2.19. The Balaban J connectivity index is 2.47. The van der Waals surface area contributed by atoms with Gasteiger partial charge < -0.3 is 16.2 Å². The van der Waals surface area contributed by atoms with E-state index < -0.39 is 6.10 Å². The average molecular weight is 236 g/mol. The minimum atomic E-state index is -0.447. The van der Waals surface area contributed by atoms with E-state index in [-0.39, 0.29) is 0 Å². The van der Waals surface area contributed by atoms with E-state index in [1.165, 1.54) is 19.3 Å². The smallest absolute Gasteiger partial charge is 0.0802 e. The fourth-order valence-electron chi connectivity index (χ4n) is 1.79. The second-order valence-electron chi connectivity index (χ2n) is 4.35. The Morgan fingerprint density at radius 2 is 2.18 bits per heavy atom. The number of rotatable bonds is 8. The van der Waals surface area contributed by atoms with E-state index in [2.05, 4.69) is 12.2 Å². The van der Waals surface area contributed by atoms with Crippen molar-refractivity contribution in [3.05, 3.63) is 29.8 Å². The summed E-state index contributed by atoms with van der Waals surface area (Å²) in [6, 6.07) is 7.95. The van der Waals surface area contributed by atoms with Crippen molar-refractivity contribution in [1.29, 1.82) is 0 Å². The quantitative estimate of drug-likeness (QED) is 0.608. The summed E-state index contributed by atoms with van der Waals surface area (Å²) in [6.45, 7) is 3.70. The van der Waals surface area contributed by atoms with Gasteiger partial charge in [-0.2, -0.15) is 0 Å². The highest BCUT2D eigenvalue weighted by Gasteiger charge is 2.06. The molecule has 0 saturated carbocycles. The van der Waals surface area contributed by atoms with Crippen LogP contribution in [0.3, 0.4) is 0 Å². The number of unbranched alkanes of at least 4 members (excludes halogenated alkanes) is 2. The van der Waals surface area contributed by atoms with E-state index in [0.29, 0.717) is 13.0 Å². The van der Waals surface area contributed by atoms with E-state index in [1.54, 1.807) is 0 Å². The van der Waals surface area contributed by atoms with E-state index in [9.17, 15) is 5.11 Å². The molecule has 0 aliphatic rings. The molecule has 3 nitrogen and oxygen atoms in total. The Morgan fingerprint density at radius 1 is 1.35 bits per heavy atom. The summed E-state index contributed by atoms with van der Waals surface area (Å²) < 4.78 is 0. The number of hydrogen-bond acceptors (Lipinski definition) is 3. The standard InChI is InChI=1S/C14H24N2O/c1-2-3-4-10-16-13-7-5-6-12(11-13)14(17)8-9-15/h5-7,11,14,16-17H,2-4,8-10,15H2,1H3. The molecule has 0 spiro atoms. The third-order valence-electron chi connectivity index (χ3n) is 2.82. The van der Waals surface area contributed by atoms with Gasteiger partial charge in [0.15, 0.2) is 0 Å². The zero-order valence-corrected chi connectivity index (χ0v) is 10.7. The molecule has 1 atom stereocenters. The van der Waals surface area contributed by atoms with Crippen LogP contribution in [0.2, 0.25) is 0 Å². The van der Waals surface area contributed by atoms with E-state index in [4.69, 9.17) is 5.73 Å². The van der Waals surface area contributed by atoms with Gasteiger partial charge >= 0.3 is 0 Å². The van der Waals surface area contributed by atoms with Gasteiger partial charge in [0.25, 0.3) is 0 Å². The maximum atomic E-state index is 9.85. The molecule has 1 aromatic carbocycles. The van der Waals surface area contributed by atoms with Gasteiger partial charge in [-0.15, -0.1) is 0 Å². The van der Waals surface area contributed by atoms with Crippen LogP contribution in [0.4, 0.5) is 5.69 Å². The number of hydrogen-bond donors (Lipinski definition) is 3. The lowest BCUT2D eigenvalue weighted by Crippen LogP contribution is -2.07. The molecule has 1 rings (SSSR count). The highest BCUT2D eigenvalue weighted by molar-refractivity contribution is 5.46. The van der Waals surface area contributed by atoms with Crippen molar-refractivity contribution < 1.29 is 5.11 Å². The van der Waals surface area contributed by atoms with Gasteiger partial charge in [-0.3, -0.25) is 0 Å². The molecule has 17 heavy (non-hydrogen) atoms. The van der Waals surface area contributed by atoms with Crippen molar-refractivity contribution in [2.45, 2.75) is 38.7 Å². The molecule has 0 aromatic heterocycles. The third-order valence-corrected chi connectivity index (χ3v) is 2.82. The summed E-state index contributed by atoms with van der Waals surface area (Å²) in [5.41, 5.74) is 7.46. The molecular formula is C14H24N2O. The van der Waals surface area contributed by atoms with Crippen molar-refractivity contribution in [2.24, 2.45) is 5.73 Å². The van der Waals surface area contributed by atoms with Crippen molar-refractivity contribution in [1.82, 2.24) is 0 Å². The molecule has 4 N–H and O–H groups in total. The number of benzene rings is 1. The van der Waals surface area contributed by atoms with Crippen LogP contribution in [-0.4, -0.2) is 18.2 Å². The van der Waals surface area contributed by atoms with E-state index in [0.717, 1.165) is 17.8 Å². The van der Waals surface area contributed by atoms with Gasteiger partial charge in [-0.1, -0.05) is 31.9 Å².